The molecule has 3 heteroatoms. The third-order valence-electron chi connectivity index (χ3n) is 2.48. The maximum absolute atomic E-state index is 9.36. The molecule has 1 atom stereocenters. The van der Waals surface area contributed by atoms with E-state index in [0.29, 0.717) is 11.7 Å². The van der Waals surface area contributed by atoms with Crippen LogP contribution >= 0.6 is 15.9 Å². The van der Waals surface area contributed by atoms with Gasteiger partial charge >= 0.3 is 0 Å². The highest BCUT2D eigenvalue weighted by Crippen LogP contribution is 2.31. The largest absolute Gasteiger partial charge is 0.508 e. The predicted molar refractivity (Wildman–Crippen MR) is 56.0 cm³/mol. The van der Waals surface area contributed by atoms with E-state index in [1.807, 2.05) is 12.1 Å². The zero-order chi connectivity index (χ0) is 9.26. The maximum Gasteiger partial charge on any atom is 0.115 e. The van der Waals surface area contributed by atoms with Crippen molar-refractivity contribution in [2.45, 2.75) is 12.3 Å². The summed E-state index contributed by atoms with van der Waals surface area (Å²) in [6.45, 7) is 2.09. The minimum absolute atomic E-state index is 0.352. The molecular formula is C10H12BrNO. The van der Waals surface area contributed by atoms with E-state index in [9.17, 15) is 5.11 Å². The highest BCUT2D eigenvalue weighted by molar-refractivity contribution is 9.10. The first-order valence-electron chi connectivity index (χ1n) is 4.46. The van der Waals surface area contributed by atoms with Crippen molar-refractivity contribution in [3.63, 3.8) is 0 Å². The first-order valence-corrected chi connectivity index (χ1v) is 5.26. The molecule has 1 aliphatic heterocycles. The van der Waals surface area contributed by atoms with Crippen LogP contribution in [0.15, 0.2) is 22.7 Å². The average Bonchev–Trinajstić information content (AvgIpc) is 2.61. The van der Waals surface area contributed by atoms with Gasteiger partial charge in [-0.25, -0.2) is 0 Å². The Bertz CT molecular complexity index is 308. The minimum atomic E-state index is 0.352. The number of phenolic OH excluding ortho intramolecular Hbond substituents is 1. The van der Waals surface area contributed by atoms with E-state index in [-0.39, 0.29) is 0 Å². The fourth-order valence-corrected chi connectivity index (χ4v) is 2.33. The van der Waals surface area contributed by atoms with Crippen LogP contribution in [-0.4, -0.2) is 18.2 Å². The van der Waals surface area contributed by atoms with Gasteiger partial charge in [0.15, 0.2) is 0 Å². The normalized spacial score (nSPS) is 22.1. The third-order valence-corrected chi connectivity index (χ3v) is 3.20. The summed E-state index contributed by atoms with van der Waals surface area (Å²) in [7, 11) is 0. The molecule has 2 rings (SSSR count). The predicted octanol–water partition coefficient (Wildman–Crippen LogP) is 2.23. The van der Waals surface area contributed by atoms with Gasteiger partial charge in [-0.05, 0) is 42.6 Å². The van der Waals surface area contributed by atoms with Crippen LogP contribution in [0.25, 0.3) is 0 Å². The lowest BCUT2D eigenvalue weighted by atomic mass is 9.98. The number of phenols is 1. The summed E-state index contributed by atoms with van der Waals surface area (Å²) >= 11 is 3.50. The Morgan fingerprint density at radius 2 is 2.31 bits per heavy atom. The fraction of sp³-hybridized carbons (Fsp3) is 0.400. The van der Waals surface area contributed by atoms with Crippen LogP contribution in [0.2, 0.25) is 0 Å². The van der Waals surface area contributed by atoms with Gasteiger partial charge in [-0.3, -0.25) is 0 Å². The number of benzene rings is 1. The lowest BCUT2D eigenvalue weighted by molar-refractivity contribution is 0.473. The van der Waals surface area contributed by atoms with Gasteiger partial charge in [0.25, 0.3) is 0 Å². The second kappa shape index (κ2) is 3.68. The molecule has 0 unspecified atom stereocenters. The third kappa shape index (κ3) is 1.86. The summed E-state index contributed by atoms with van der Waals surface area (Å²) in [4.78, 5) is 0. The van der Waals surface area contributed by atoms with Crippen LogP contribution < -0.4 is 5.32 Å². The Morgan fingerprint density at radius 1 is 1.46 bits per heavy atom. The number of nitrogens with one attached hydrogen (secondary N) is 1. The number of rotatable bonds is 1. The molecule has 0 bridgehead atoms. The number of aromatic hydroxyl groups is 1. The molecule has 1 saturated heterocycles. The van der Waals surface area contributed by atoms with Gasteiger partial charge in [-0.2, -0.15) is 0 Å². The molecule has 0 saturated carbocycles. The van der Waals surface area contributed by atoms with Crippen LogP contribution in [0.5, 0.6) is 5.75 Å². The van der Waals surface area contributed by atoms with Crippen LogP contribution in [0.1, 0.15) is 17.9 Å². The Hall–Kier alpha value is -0.540. The molecule has 2 nitrogen and oxygen atoms in total. The molecule has 0 radical (unpaired) electrons. The molecule has 0 amide bonds. The van der Waals surface area contributed by atoms with Crippen LogP contribution in [-0.2, 0) is 0 Å². The van der Waals surface area contributed by atoms with Gasteiger partial charge in [0, 0.05) is 11.0 Å². The fourth-order valence-electron chi connectivity index (χ4n) is 1.76. The summed E-state index contributed by atoms with van der Waals surface area (Å²) in [6.07, 6.45) is 1.15. The Balaban J connectivity index is 2.32. The molecule has 1 fully saturated rings. The van der Waals surface area contributed by atoms with Gasteiger partial charge in [0.2, 0.25) is 0 Å². The quantitative estimate of drug-likeness (QED) is 0.791. The van der Waals surface area contributed by atoms with Gasteiger partial charge in [-0.1, -0.05) is 15.9 Å². The van der Waals surface area contributed by atoms with E-state index in [1.165, 1.54) is 5.56 Å². The molecule has 70 valence electrons. The van der Waals surface area contributed by atoms with E-state index in [4.69, 9.17) is 0 Å². The molecule has 1 aromatic rings. The molecule has 13 heavy (non-hydrogen) atoms. The van der Waals surface area contributed by atoms with Crippen molar-refractivity contribution in [2.24, 2.45) is 0 Å². The molecule has 1 aliphatic rings. The zero-order valence-corrected chi connectivity index (χ0v) is 8.84. The number of halogens is 1. The summed E-state index contributed by atoms with van der Waals surface area (Å²) in [5, 5.41) is 12.7. The Morgan fingerprint density at radius 3 is 3.00 bits per heavy atom. The van der Waals surface area contributed by atoms with E-state index in [1.54, 1.807) is 6.07 Å². The lowest BCUT2D eigenvalue weighted by Gasteiger charge is -2.11. The number of hydrogen-bond acceptors (Lipinski definition) is 2. The smallest absolute Gasteiger partial charge is 0.115 e. The van der Waals surface area contributed by atoms with Crippen LogP contribution in [0, 0.1) is 0 Å². The summed E-state index contributed by atoms with van der Waals surface area (Å²) in [6, 6.07) is 5.46. The molecule has 0 aliphatic carbocycles. The van der Waals surface area contributed by atoms with Crippen LogP contribution in [0.4, 0.5) is 0 Å². The molecular weight excluding hydrogens is 230 g/mol. The van der Waals surface area contributed by atoms with Crippen molar-refractivity contribution >= 4 is 15.9 Å². The van der Waals surface area contributed by atoms with E-state index < -0.39 is 0 Å². The first kappa shape index (κ1) is 9.03. The first-order chi connectivity index (χ1) is 6.27. The van der Waals surface area contributed by atoms with Gasteiger partial charge in [-0.15, -0.1) is 0 Å². The van der Waals surface area contributed by atoms with E-state index in [0.717, 1.165) is 24.0 Å². The molecule has 0 spiro atoms. The van der Waals surface area contributed by atoms with E-state index in [2.05, 4.69) is 21.2 Å². The zero-order valence-electron chi connectivity index (χ0n) is 7.26. The van der Waals surface area contributed by atoms with Crippen molar-refractivity contribution < 1.29 is 5.11 Å². The molecule has 1 aromatic carbocycles. The monoisotopic (exact) mass is 241 g/mol. The van der Waals surface area contributed by atoms with Crippen molar-refractivity contribution in [1.82, 2.24) is 5.32 Å². The van der Waals surface area contributed by atoms with Crippen molar-refractivity contribution in [3.05, 3.63) is 28.2 Å². The highest BCUT2D eigenvalue weighted by atomic mass is 79.9. The van der Waals surface area contributed by atoms with Crippen molar-refractivity contribution in [3.8, 4) is 5.75 Å². The lowest BCUT2D eigenvalue weighted by Crippen LogP contribution is -2.08. The van der Waals surface area contributed by atoms with Crippen molar-refractivity contribution in [2.75, 3.05) is 13.1 Å². The summed E-state index contributed by atoms with van der Waals surface area (Å²) < 4.78 is 1.10. The molecule has 2 N–H and O–H groups in total. The Labute approximate surface area is 86.1 Å². The molecule has 0 aromatic heterocycles. The van der Waals surface area contributed by atoms with Crippen molar-refractivity contribution in [1.29, 1.82) is 0 Å². The summed E-state index contributed by atoms with van der Waals surface area (Å²) in [5.41, 5.74) is 1.21. The molecule has 1 heterocycles. The second-order valence-electron chi connectivity index (χ2n) is 3.40. The van der Waals surface area contributed by atoms with Gasteiger partial charge in [0.05, 0.1) is 0 Å². The Kier molecular flexibility index (Phi) is 2.56. The average molecular weight is 242 g/mol. The summed E-state index contributed by atoms with van der Waals surface area (Å²) in [5.74, 6) is 0.895. The number of hydrogen-bond donors (Lipinski definition) is 2. The highest BCUT2D eigenvalue weighted by Gasteiger charge is 2.18. The maximum atomic E-state index is 9.36. The topological polar surface area (TPSA) is 32.3 Å². The SMILES string of the molecule is Oc1ccc(Br)c([C@H]2CCNC2)c1. The minimum Gasteiger partial charge on any atom is -0.508 e. The van der Waals surface area contributed by atoms with E-state index >= 15 is 0 Å². The van der Waals surface area contributed by atoms with Gasteiger partial charge in [0.1, 0.15) is 5.75 Å². The second-order valence-corrected chi connectivity index (χ2v) is 4.25. The standard InChI is InChI=1S/C10H12BrNO/c11-10-2-1-8(13)5-9(10)7-3-4-12-6-7/h1-2,5,7,12-13H,3-4,6H2/t7-/m0/s1. The van der Waals surface area contributed by atoms with Gasteiger partial charge < -0.3 is 10.4 Å². The van der Waals surface area contributed by atoms with Crippen LogP contribution in [0.3, 0.4) is 0 Å².